The highest BCUT2D eigenvalue weighted by molar-refractivity contribution is 5.79. The number of carbonyl (C=O) groups is 1. The maximum Gasteiger partial charge on any atom is 0.249 e. The van der Waals surface area contributed by atoms with Crippen molar-refractivity contribution in [2.45, 2.75) is 26.1 Å². The zero-order valence-corrected chi connectivity index (χ0v) is 8.77. The van der Waals surface area contributed by atoms with Crippen LogP contribution in [-0.4, -0.2) is 22.2 Å². The van der Waals surface area contributed by atoms with Gasteiger partial charge in [-0.2, -0.15) is 0 Å². The largest absolute Gasteiger partial charge is 0.385 e. The Morgan fingerprint density at radius 2 is 1.73 bits per heavy atom. The molecule has 2 unspecified atom stereocenters. The quantitative estimate of drug-likeness (QED) is 0.664. The third-order valence-corrected chi connectivity index (χ3v) is 2.43. The Labute approximate surface area is 88.3 Å². The molecule has 1 aromatic carbocycles. The predicted octanol–water partition coefficient (Wildman–Crippen LogP) is 0.183. The molecule has 0 aliphatic heterocycles. The molecule has 0 fully saturated rings. The van der Waals surface area contributed by atoms with E-state index in [9.17, 15) is 15.0 Å². The molecule has 0 saturated heterocycles. The fourth-order valence-electron chi connectivity index (χ4n) is 1.61. The maximum atomic E-state index is 10.7. The highest BCUT2D eigenvalue weighted by Crippen LogP contribution is 2.24. The number of benzene rings is 1. The first-order valence-corrected chi connectivity index (χ1v) is 4.66. The van der Waals surface area contributed by atoms with Crippen molar-refractivity contribution in [1.29, 1.82) is 0 Å². The molecule has 0 aliphatic rings. The van der Waals surface area contributed by atoms with Crippen LogP contribution < -0.4 is 5.73 Å². The van der Waals surface area contributed by atoms with Crippen LogP contribution in [0.5, 0.6) is 0 Å². The summed E-state index contributed by atoms with van der Waals surface area (Å²) in [7, 11) is 0. The van der Waals surface area contributed by atoms with Gasteiger partial charge in [-0.1, -0.05) is 18.2 Å². The fourth-order valence-corrected chi connectivity index (χ4v) is 1.61. The molecule has 0 radical (unpaired) electrons. The van der Waals surface area contributed by atoms with Crippen molar-refractivity contribution in [3.05, 3.63) is 34.9 Å². The zero-order chi connectivity index (χ0) is 11.6. The number of nitrogens with two attached hydrogens (primary N) is 1. The number of primary amides is 1. The van der Waals surface area contributed by atoms with Gasteiger partial charge in [-0.05, 0) is 30.5 Å². The summed E-state index contributed by atoms with van der Waals surface area (Å²) in [6.07, 6.45) is -2.83. The summed E-state index contributed by atoms with van der Waals surface area (Å²) in [4.78, 5) is 10.7. The number of amides is 1. The van der Waals surface area contributed by atoms with E-state index in [-0.39, 0.29) is 0 Å². The summed E-state index contributed by atoms with van der Waals surface area (Å²) >= 11 is 0. The van der Waals surface area contributed by atoms with Gasteiger partial charge in [0.2, 0.25) is 5.91 Å². The Bertz CT molecular complexity index is 356. The summed E-state index contributed by atoms with van der Waals surface area (Å²) in [5.74, 6) is -0.926. The number of hydrogen-bond donors (Lipinski definition) is 3. The lowest BCUT2D eigenvalue weighted by molar-refractivity contribution is -0.132. The smallest absolute Gasteiger partial charge is 0.249 e. The summed E-state index contributed by atoms with van der Waals surface area (Å²) < 4.78 is 0. The van der Waals surface area contributed by atoms with E-state index in [0.717, 1.165) is 11.1 Å². The Balaban J connectivity index is 3.10. The van der Waals surface area contributed by atoms with E-state index in [1.807, 2.05) is 6.07 Å². The Morgan fingerprint density at radius 3 is 2.13 bits per heavy atom. The SMILES string of the molecule is Cc1cccc(C)c1C(O)C(O)C(N)=O. The van der Waals surface area contributed by atoms with Crippen LogP contribution >= 0.6 is 0 Å². The molecule has 4 N–H and O–H groups in total. The van der Waals surface area contributed by atoms with Crippen molar-refractivity contribution < 1.29 is 15.0 Å². The van der Waals surface area contributed by atoms with Crippen LogP contribution in [0.3, 0.4) is 0 Å². The molecule has 0 saturated carbocycles. The first-order chi connectivity index (χ1) is 6.95. The molecule has 4 heteroatoms. The second-order valence-electron chi connectivity index (χ2n) is 3.60. The minimum atomic E-state index is -1.57. The molecule has 82 valence electrons. The minimum absolute atomic E-state index is 0.559. The van der Waals surface area contributed by atoms with E-state index in [2.05, 4.69) is 0 Å². The maximum absolute atomic E-state index is 10.7. The van der Waals surface area contributed by atoms with E-state index >= 15 is 0 Å². The number of hydrogen-bond acceptors (Lipinski definition) is 3. The highest BCUT2D eigenvalue weighted by atomic mass is 16.3. The molecule has 2 atom stereocenters. The molecule has 15 heavy (non-hydrogen) atoms. The second kappa shape index (κ2) is 4.42. The van der Waals surface area contributed by atoms with Gasteiger partial charge < -0.3 is 15.9 Å². The summed E-state index contributed by atoms with van der Waals surface area (Å²) in [6.45, 7) is 3.61. The van der Waals surface area contributed by atoms with Gasteiger partial charge in [0, 0.05) is 0 Å². The third-order valence-electron chi connectivity index (χ3n) is 2.43. The predicted molar refractivity (Wildman–Crippen MR) is 56.1 cm³/mol. The molecule has 0 heterocycles. The molecule has 0 spiro atoms. The first kappa shape index (κ1) is 11.7. The van der Waals surface area contributed by atoms with Crippen molar-refractivity contribution in [2.75, 3.05) is 0 Å². The van der Waals surface area contributed by atoms with Gasteiger partial charge in [0.05, 0.1) is 0 Å². The lowest BCUT2D eigenvalue weighted by atomic mass is 9.95. The van der Waals surface area contributed by atoms with Gasteiger partial charge in [-0.3, -0.25) is 4.79 Å². The van der Waals surface area contributed by atoms with Gasteiger partial charge in [-0.25, -0.2) is 0 Å². The number of aryl methyl sites for hydroxylation is 2. The van der Waals surface area contributed by atoms with Crippen molar-refractivity contribution in [1.82, 2.24) is 0 Å². The van der Waals surface area contributed by atoms with Crippen molar-refractivity contribution in [3.63, 3.8) is 0 Å². The summed E-state index contributed by atoms with van der Waals surface area (Å²) in [6, 6.07) is 5.45. The van der Waals surface area contributed by atoms with Gasteiger partial charge in [-0.15, -0.1) is 0 Å². The molecule has 0 bridgehead atoms. The van der Waals surface area contributed by atoms with E-state index in [0.29, 0.717) is 5.56 Å². The van der Waals surface area contributed by atoms with Crippen molar-refractivity contribution in [3.8, 4) is 0 Å². The molecule has 0 aliphatic carbocycles. The van der Waals surface area contributed by atoms with Gasteiger partial charge >= 0.3 is 0 Å². The van der Waals surface area contributed by atoms with E-state index in [4.69, 9.17) is 5.73 Å². The topological polar surface area (TPSA) is 83.6 Å². The lowest BCUT2D eigenvalue weighted by Gasteiger charge is -2.19. The van der Waals surface area contributed by atoms with E-state index < -0.39 is 18.1 Å². The van der Waals surface area contributed by atoms with E-state index in [1.54, 1.807) is 26.0 Å². The molecular formula is C11H15NO3. The van der Waals surface area contributed by atoms with Crippen LogP contribution in [0.4, 0.5) is 0 Å². The third kappa shape index (κ3) is 2.34. The van der Waals surface area contributed by atoms with Crippen LogP contribution in [0.15, 0.2) is 18.2 Å². The molecule has 4 nitrogen and oxygen atoms in total. The molecular weight excluding hydrogens is 194 g/mol. The molecule has 0 aromatic heterocycles. The van der Waals surface area contributed by atoms with Crippen molar-refractivity contribution in [2.24, 2.45) is 5.73 Å². The van der Waals surface area contributed by atoms with Crippen LogP contribution in [0, 0.1) is 13.8 Å². The number of carbonyl (C=O) groups excluding carboxylic acids is 1. The Morgan fingerprint density at radius 1 is 1.27 bits per heavy atom. The molecule has 1 amide bonds. The van der Waals surface area contributed by atoms with Crippen LogP contribution in [-0.2, 0) is 4.79 Å². The molecule has 1 rings (SSSR count). The second-order valence-corrected chi connectivity index (χ2v) is 3.60. The first-order valence-electron chi connectivity index (χ1n) is 4.66. The van der Waals surface area contributed by atoms with Crippen LogP contribution in [0.1, 0.15) is 22.8 Å². The number of aliphatic hydroxyl groups is 2. The summed E-state index contributed by atoms with van der Waals surface area (Å²) in [5.41, 5.74) is 7.13. The fraction of sp³-hybridized carbons (Fsp3) is 0.364. The highest BCUT2D eigenvalue weighted by Gasteiger charge is 2.25. The normalized spacial score (nSPS) is 14.7. The Kier molecular flexibility index (Phi) is 3.44. The Hall–Kier alpha value is -1.39. The average molecular weight is 209 g/mol. The average Bonchev–Trinajstić information content (AvgIpc) is 2.15. The summed E-state index contributed by atoms with van der Waals surface area (Å²) in [5, 5.41) is 19.1. The van der Waals surface area contributed by atoms with Crippen LogP contribution in [0.2, 0.25) is 0 Å². The zero-order valence-electron chi connectivity index (χ0n) is 8.77. The van der Waals surface area contributed by atoms with Crippen molar-refractivity contribution >= 4 is 5.91 Å². The standard InChI is InChI=1S/C11H15NO3/c1-6-4-3-5-7(2)8(6)9(13)10(14)11(12)15/h3-5,9-10,13-14H,1-2H3,(H2,12,15). The minimum Gasteiger partial charge on any atom is -0.385 e. The van der Waals surface area contributed by atoms with Crippen LogP contribution in [0.25, 0.3) is 0 Å². The number of aliphatic hydroxyl groups excluding tert-OH is 2. The van der Waals surface area contributed by atoms with Gasteiger partial charge in [0.25, 0.3) is 0 Å². The monoisotopic (exact) mass is 209 g/mol. The van der Waals surface area contributed by atoms with Gasteiger partial charge in [0.1, 0.15) is 6.10 Å². The molecule has 1 aromatic rings. The van der Waals surface area contributed by atoms with Gasteiger partial charge in [0.15, 0.2) is 6.10 Å². The number of rotatable bonds is 3. The lowest BCUT2D eigenvalue weighted by Crippen LogP contribution is -2.34. The van der Waals surface area contributed by atoms with E-state index in [1.165, 1.54) is 0 Å².